The third-order valence-electron chi connectivity index (χ3n) is 3.00. The maximum Gasteiger partial charge on any atom is 0.254 e. The van der Waals surface area contributed by atoms with E-state index in [1.165, 1.54) is 4.90 Å². The second-order valence-corrected chi connectivity index (χ2v) is 4.98. The van der Waals surface area contributed by atoms with Gasteiger partial charge in [-0.25, -0.2) is 0 Å². The molecule has 0 aliphatic rings. The molecule has 5 heteroatoms. The van der Waals surface area contributed by atoms with Crippen molar-refractivity contribution in [2.45, 2.75) is 26.8 Å². The molecule has 1 aromatic rings. The summed E-state index contributed by atoms with van der Waals surface area (Å²) in [6.45, 7) is 5.15. The Morgan fingerprint density at radius 1 is 1.38 bits per heavy atom. The van der Waals surface area contributed by atoms with Crippen LogP contribution in [0.25, 0.3) is 0 Å². The number of carbonyl (C=O) groups is 2. The second kappa shape index (κ2) is 7.46. The normalized spacial score (nSPS) is 9.95. The molecule has 2 amide bonds. The molecular weight excluding hydrogens is 268 g/mol. The van der Waals surface area contributed by atoms with Crippen molar-refractivity contribution in [1.82, 2.24) is 4.90 Å². The van der Waals surface area contributed by atoms with Crippen molar-refractivity contribution in [1.29, 1.82) is 0 Å². The zero-order valence-corrected chi connectivity index (χ0v) is 12.5. The predicted octanol–water partition coefficient (Wildman–Crippen LogP) is 0.675. The van der Waals surface area contributed by atoms with Crippen molar-refractivity contribution in [3.63, 3.8) is 0 Å². The fourth-order valence-corrected chi connectivity index (χ4v) is 1.85. The molecule has 0 saturated heterocycles. The number of nitrogens with two attached hydrogens (primary N) is 1. The zero-order valence-electron chi connectivity index (χ0n) is 12.5. The summed E-state index contributed by atoms with van der Waals surface area (Å²) in [4.78, 5) is 25.0. The average Bonchev–Trinajstić information content (AvgIpc) is 2.42. The SMILES string of the molecule is Cc1ccc(C(=O)N(CC(N)=O)C(C)C)cc1C#CCO. The lowest BCUT2D eigenvalue weighted by molar-refractivity contribution is -0.119. The van der Waals surface area contributed by atoms with Crippen molar-refractivity contribution in [3.8, 4) is 11.8 Å². The first-order valence-electron chi connectivity index (χ1n) is 6.66. The van der Waals surface area contributed by atoms with Gasteiger partial charge >= 0.3 is 0 Å². The van der Waals surface area contributed by atoms with Gasteiger partial charge in [-0.05, 0) is 38.5 Å². The number of hydrogen-bond acceptors (Lipinski definition) is 3. The predicted molar refractivity (Wildman–Crippen MR) is 80.5 cm³/mol. The molecular formula is C16H20N2O3. The Morgan fingerprint density at radius 2 is 2.05 bits per heavy atom. The molecule has 3 N–H and O–H groups in total. The Hall–Kier alpha value is -2.32. The maximum absolute atomic E-state index is 12.5. The molecule has 0 saturated carbocycles. The lowest BCUT2D eigenvalue weighted by Gasteiger charge is -2.25. The summed E-state index contributed by atoms with van der Waals surface area (Å²) in [5.41, 5.74) is 7.22. The van der Waals surface area contributed by atoms with Gasteiger partial charge in [0, 0.05) is 17.2 Å². The molecule has 0 unspecified atom stereocenters. The standard InChI is InChI=1S/C16H20N2O3/c1-11(2)18(10-15(17)20)16(21)14-7-6-12(3)13(9-14)5-4-8-19/h6-7,9,11,19H,8,10H2,1-3H3,(H2,17,20). The summed E-state index contributed by atoms with van der Waals surface area (Å²) in [7, 11) is 0. The van der Waals surface area contributed by atoms with Gasteiger partial charge in [0.15, 0.2) is 0 Å². The van der Waals surface area contributed by atoms with E-state index < -0.39 is 5.91 Å². The number of aryl methyl sites for hydroxylation is 1. The van der Waals surface area contributed by atoms with E-state index in [9.17, 15) is 9.59 Å². The van der Waals surface area contributed by atoms with Crippen LogP contribution in [0.15, 0.2) is 18.2 Å². The van der Waals surface area contributed by atoms with Gasteiger partial charge in [-0.1, -0.05) is 17.9 Å². The van der Waals surface area contributed by atoms with Gasteiger partial charge in [-0.15, -0.1) is 0 Å². The lowest BCUT2D eigenvalue weighted by Crippen LogP contribution is -2.42. The van der Waals surface area contributed by atoms with Crippen LogP contribution in [-0.4, -0.2) is 41.0 Å². The molecule has 1 rings (SSSR count). The molecule has 1 aromatic carbocycles. The number of amides is 2. The molecule has 112 valence electrons. The third-order valence-corrected chi connectivity index (χ3v) is 3.00. The molecule has 0 heterocycles. The van der Waals surface area contributed by atoms with Crippen molar-refractivity contribution in [3.05, 3.63) is 34.9 Å². The van der Waals surface area contributed by atoms with Gasteiger partial charge in [-0.3, -0.25) is 9.59 Å². The highest BCUT2D eigenvalue weighted by molar-refractivity contribution is 5.97. The van der Waals surface area contributed by atoms with Gasteiger partial charge < -0.3 is 15.7 Å². The van der Waals surface area contributed by atoms with Crippen LogP contribution < -0.4 is 5.73 Å². The van der Waals surface area contributed by atoms with Gasteiger partial charge in [0.25, 0.3) is 5.91 Å². The minimum absolute atomic E-state index is 0.123. The van der Waals surface area contributed by atoms with E-state index in [2.05, 4.69) is 11.8 Å². The van der Waals surface area contributed by atoms with Crippen molar-refractivity contribution in [2.75, 3.05) is 13.2 Å². The third kappa shape index (κ3) is 4.62. The van der Waals surface area contributed by atoms with Crippen LogP contribution in [0.2, 0.25) is 0 Å². The van der Waals surface area contributed by atoms with Crippen molar-refractivity contribution in [2.24, 2.45) is 5.73 Å². The first kappa shape index (κ1) is 16.7. The van der Waals surface area contributed by atoms with Gasteiger partial charge in [0.05, 0.1) is 6.54 Å². The molecule has 5 nitrogen and oxygen atoms in total. The molecule has 0 spiro atoms. The Bertz CT molecular complexity index is 597. The number of hydrogen-bond donors (Lipinski definition) is 2. The van der Waals surface area contributed by atoms with Crippen molar-refractivity contribution < 1.29 is 14.7 Å². The Morgan fingerprint density at radius 3 is 2.57 bits per heavy atom. The Kier molecular flexibility index (Phi) is 5.94. The molecule has 0 aliphatic heterocycles. The van der Waals surface area contributed by atoms with E-state index in [0.717, 1.165) is 5.56 Å². The number of nitrogens with zero attached hydrogens (tertiary/aromatic N) is 1. The Labute approximate surface area is 124 Å². The largest absolute Gasteiger partial charge is 0.384 e. The maximum atomic E-state index is 12.5. The van der Waals surface area contributed by atoms with Gasteiger partial charge in [0.1, 0.15) is 6.61 Å². The highest BCUT2D eigenvalue weighted by Gasteiger charge is 2.20. The van der Waals surface area contributed by atoms with Crippen LogP contribution >= 0.6 is 0 Å². The number of benzene rings is 1. The fraction of sp³-hybridized carbons (Fsp3) is 0.375. The molecule has 0 aliphatic carbocycles. The zero-order chi connectivity index (χ0) is 16.0. The minimum atomic E-state index is -0.551. The summed E-state index contributed by atoms with van der Waals surface area (Å²) in [5.74, 6) is 4.55. The average molecular weight is 288 g/mol. The molecule has 0 fully saturated rings. The van der Waals surface area contributed by atoms with Gasteiger partial charge in [0.2, 0.25) is 5.91 Å². The summed E-state index contributed by atoms with van der Waals surface area (Å²) in [6.07, 6.45) is 0. The van der Waals surface area contributed by atoms with Crippen LogP contribution in [0.3, 0.4) is 0 Å². The smallest absolute Gasteiger partial charge is 0.254 e. The molecule has 21 heavy (non-hydrogen) atoms. The number of carbonyl (C=O) groups excluding carboxylic acids is 2. The number of aliphatic hydroxyl groups excluding tert-OH is 1. The molecule has 0 bridgehead atoms. The van der Waals surface area contributed by atoms with Crippen molar-refractivity contribution >= 4 is 11.8 Å². The lowest BCUT2D eigenvalue weighted by atomic mass is 10.0. The highest BCUT2D eigenvalue weighted by atomic mass is 16.2. The highest BCUT2D eigenvalue weighted by Crippen LogP contribution is 2.14. The number of aliphatic hydroxyl groups is 1. The summed E-state index contributed by atoms with van der Waals surface area (Å²) >= 11 is 0. The summed E-state index contributed by atoms with van der Waals surface area (Å²) < 4.78 is 0. The van der Waals surface area contributed by atoms with E-state index in [4.69, 9.17) is 10.8 Å². The van der Waals surface area contributed by atoms with Crippen LogP contribution in [0.1, 0.15) is 35.3 Å². The first-order chi connectivity index (χ1) is 9.86. The number of rotatable bonds is 4. The molecule has 0 aromatic heterocycles. The summed E-state index contributed by atoms with van der Waals surface area (Å²) in [5, 5.41) is 8.76. The van der Waals surface area contributed by atoms with E-state index in [1.807, 2.05) is 20.8 Å². The summed E-state index contributed by atoms with van der Waals surface area (Å²) in [6, 6.07) is 5.00. The van der Waals surface area contributed by atoms with Crippen LogP contribution in [-0.2, 0) is 4.79 Å². The molecule has 0 radical (unpaired) electrons. The van der Waals surface area contributed by atoms with Gasteiger partial charge in [-0.2, -0.15) is 0 Å². The van der Waals surface area contributed by atoms with E-state index in [1.54, 1.807) is 18.2 Å². The quantitative estimate of drug-likeness (QED) is 0.799. The second-order valence-electron chi connectivity index (χ2n) is 4.98. The monoisotopic (exact) mass is 288 g/mol. The van der Waals surface area contributed by atoms with E-state index >= 15 is 0 Å². The Balaban J connectivity index is 3.13. The molecule has 0 atom stereocenters. The van der Waals surface area contributed by atoms with Crippen LogP contribution in [0, 0.1) is 18.8 Å². The fourth-order valence-electron chi connectivity index (χ4n) is 1.85. The minimum Gasteiger partial charge on any atom is -0.384 e. The first-order valence-corrected chi connectivity index (χ1v) is 6.66. The number of primary amides is 1. The van der Waals surface area contributed by atoms with E-state index in [-0.39, 0.29) is 25.1 Å². The topological polar surface area (TPSA) is 83.6 Å². The van der Waals surface area contributed by atoms with Crippen LogP contribution in [0.4, 0.5) is 0 Å². The van der Waals surface area contributed by atoms with Crippen LogP contribution in [0.5, 0.6) is 0 Å². The van der Waals surface area contributed by atoms with E-state index in [0.29, 0.717) is 11.1 Å².